The molecule has 3 fully saturated rings. The van der Waals surface area contributed by atoms with Crippen molar-refractivity contribution in [2.75, 3.05) is 6.61 Å². The van der Waals surface area contributed by atoms with Crippen LogP contribution in [0.4, 0.5) is 0 Å². The van der Waals surface area contributed by atoms with Crippen LogP contribution in [0.1, 0.15) is 138 Å². The maximum absolute atomic E-state index is 14.1. The average Bonchev–Trinajstić information content (AvgIpc) is 3.51. The minimum absolute atomic E-state index is 0.0554. The summed E-state index contributed by atoms with van der Waals surface area (Å²) >= 11 is 0. The summed E-state index contributed by atoms with van der Waals surface area (Å²) in [6.45, 7) is 10.2. The van der Waals surface area contributed by atoms with Crippen LogP contribution in [0.25, 0.3) is 0 Å². The highest BCUT2D eigenvalue weighted by atomic mass is 16.6. The first-order chi connectivity index (χ1) is 19.2. The predicted octanol–water partition coefficient (Wildman–Crippen LogP) is 7.01. The fourth-order valence-corrected chi connectivity index (χ4v) is 7.79. The SMILES string of the molecule is CCC1(OC(=O)C(C)(CC)CC(C)(CC(C)(C)C(=O)OCC(=O)O)C(=O)OC2CC3CCC2C3)CCCCCCC1. The molecule has 0 aromatic heterocycles. The highest BCUT2D eigenvalue weighted by Gasteiger charge is 2.52. The Hall–Kier alpha value is -2.12. The summed E-state index contributed by atoms with van der Waals surface area (Å²) < 4.78 is 17.6. The lowest BCUT2D eigenvalue weighted by Crippen LogP contribution is -2.47. The lowest BCUT2D eigenvalue weighted by molar-refractivity contribution is -0.182. The van der Waals surface area contributed by atoms with Gasteiger partial charge in [0.25, 0.3) is 0 Å². The van der Waals surface area contributed by atoms with Crippen LogP contribution in [0.5, 0.6) is 0 Å². The lowest BCUT2D eigenvalue weighted by Gasteiger charge is -2.42. The summed E-state index contributed by atoms with van der Waals surface area (Å²) in [5.74, 6) is -1.68. The normalized spacial score (nSPS) is 27.0. The highest BCUT2D eigenvalue weighted by molar-refractivity contribution is 5.83. The summed E-state index contributed by atoms with van der Waals surface area (Å²) in [5, 5.41) is 9.01. The molecule has 0 radical (unpaired) electrons. The van der Waals surface area contributed by atoms with E-state index in [2.05, 4.69) is 6.92 Å². The van der Waals surface area contributed by atoms with Crippen molar-refractivity contribution in [3.63, 3.8) is 0 Å². The van der Waals surface area contributed by atoms with Gasteiger partial charge >= 0.3 is 23.9 Å². The van der Waals surface area contributed by atoms with Crippen LogP contribution < -0.4 is 0 Å². The number of esters is 3. The predicted molar refractivity (Wildman–Crippen MR) is 155 cm³/mol. The Kier molecular flexibility index (Phi) is 11.0. The molecule has 5 unspecified atom stereocenters. The van der Waals surface area contributed by atoms with Crippen LogP contribution in [0.3, 0.4) is 0 Å². The van der Waals surface area contributed by atoms with Crippen LogP contribution in [0.2, 0.25) is 0 Å². The van der Waals surface area contributed by atoms with E-state index in [9.17, 15) is 19.2 Å². The average molecular weight is 579 g/mol. The largest absolute Gasteiger partial charge is 0.479 e. The van der Waals surface area contributed by atoms with Crippen molar-refractivity contribution >= 4 is 23.9 Å². The minimum Gasteiger partial charge on any atom is -0.479 e. The molecule has 0 saturated heterocycles. The van der Waals surface area contributed by atoms with E-state index in [1.54, 1.807) is 20.8 Å². The van der Waals surface area contributed by atoms with Crippen LogP contribution in [-0.4, -0.2) is 47.3 Å². The zero-order valence-electron chi connectivity index (χ0n) is 26.4. The monoisotopic (exact) mass is 578 g/mol. The number of hydrogen-bond acceptors (Lipinski definition) is 7. The Bertz CT molecular complexity index is 949. The fourth-order valence-electron chi connectivity index (χ4n) is 7.79. The van der Waals surface area contributed by atoms with Gasteiger partial charge in [-0.25, -0.2) is 4.79 Å². The van der Waals surface area contributed by atoms with Crippen molar-refractivity contribution in [1.82, 2.24) is 0 Å². The molecule has 5 atom stereocenters. The first-order valence-corrected chi connectivity index (χ1v) is 16.0. The molecule has 2 bridgehead atoms. The molecule has 0 aromatic rings. The molecule has 0 heterocycles. The highest BCUT2D eigenvalue weighted by Crippen LogP contribution is 2.50. The summed E-state index contributed by atoms with van der Waals surface area (Å²) in [6.07, 6.45) is 12.7. The fraction of sp³-hybridized carbons (Fsp3) is 0.879. The Morgan fingerprint density at radius 2 is 1.44 bits per heavy atom. The number of carbonyl (C=O) groups excluding carboxylic acids is 3. The van der Waals surface area contributed by atoms with E-state index >= 15 is 0 Å². The first kappa shape index (κ1) is 33.4. The van der Waals surface area contributed by atoms with E-state index in [1.165, 1.54) is 12.8 Å². The zero-order chi connectivity index (χ0) is 30.5. The third-order valence-electron chi connectivity index (χ3n) is 10.4. The summed E-state index contributed by atoms with van der Waals surface area (Å²) in [4.78, 5) is 52.1. The third kappa shape index (κ3) is 8.25. The molecule has 8 heteroatoms. The topological polar surface area (TPSA) is 116 Å². The van der Waals surface area contributed by atoms with Crippen LogP contribution in [0.15, 0.2) is 0 Å². The smallest absolute Gasteiger partial charge is 0.341 e. The van der Waals surface area contributed by atoms with E-state index in [0.29, 0.717) is 18.3 Å². The molecule has 0 amide bonds. The standard InChI is InChI=1S/C33H54O8/c1-7-31(5,29(38)41-33(8-2)16-12-10-9-11-13-17-33)22-32(6,21-30(3,4)27(36)39-20-26(34)35)28(37)40-25-19-23-14-15-24(25)18-23/h23-25H,7-22H2,1-6H3,(H,34,35). The van der Waals surface area contributed by atoms with Crippen LogP contribution in [0, 0.1) is 28.1 Å². The van der Waals surface area contributed by atoms with Gasteiger partial charge in [-0.3, -0.25) is 14.4 Å². The number of carbonyl (C=O) groups is 4. The molecule has 8 nitrogen and oxygen atoms in total. The molecule has 0 spiro atoms. The molecule has 3 saturated carbocycles. The van der Waals surface area contributed by atoms with E-state index in [-0.39, 0.29) is 24.9 Å². The van der Waals surface area contributed by atoms with Crippen molar-refractivity contribution in [2.45, 2.75) is 150 Å². The summed E-state index contributed by atoms with van der Waals surface area (Å²) in [7, 11) is 0. The number of fused-ring (bicyclic) bond motifs is 2. The van der Waals surface area contributed by atoms with Gasteiger partial charge in [0.2, 0.25) is 0 Å². The van der Waals surface area contributed by atoms with Crippen LogP contribution >= 0.6 is 0 Å². The number of carboxylic acid groups (broad SMARTS) is 1. The molecular formula is C33H54O8. The van der Waals surface area contributed by atoms with Gasteiger partial charge in [-0.15, -0.1) is 0 Å². The van der Waals surface area contributed by atoms with Gasteiger partial charge < -0.3 is 19.3 Å². The minimum atomic E-state index is -1.24. The van der Waals surface area contributed by atoms with Gasteiger partial charge in [-0.2, -0.15) is 0 Å². The molecule has 0 aromatic carbocycles. The second kappa shape index (κ2) is 13.5. The maximum Gasteiger partial charge on any atom is 0.341 e. The first-order valence-electron chi connectivity index (χ1n) is 16.0. The van der Waals surface area contributed by atoms with Gasteiger partial charge in [-0.1, -0.05) is 33.1 Å². The van der Waals surface area contributed by atoms with Crippen molar-refractivity contribution in [3.05, 3.63) is 0 Å². The van der Waals surface area contributed by atoms with E-state index < -0.39 is 46.4 Å². The third-order valence-corrected chi connectivity index (χ3v) is 10.4. The zero-order valence-corrected chi connectivity index (χ0v) is 26.4. The van der Waals surface area contributed by atoms with E-state index in [0.717, 1.165) is 64.2 Å². The Morgan fingerprint density at radius 3 is 1.95 bits per heavy atom. The van der Waals surface area contributed by atoms with Crippen molar-refractivity contribution in [1.29, 1.82) is 0 Å². The molecule has 234 valence electrons. The molecule has 3 aliphatic rings. The summed E-state index contributed by atoms with van der Waals surface area (Å²) in [6, 6.07) is 0. The van der Waals surface area contributed by atoms with Gasteiger partial charge in [-0.05, 0) is 117 Å². The number of aliphatic carboxylic acids is 1. The van der Waals surface area contributed by atoms with Gasteiger partial charge in [0.1, 0.15) is 11.7 Å². The lowest BCUT2D eigenvalue weighted by atomic mass is 9.65. The van der Waals surface area contributed by atoms with E-state index in [1.807, 2.05) is 13.8 Å². The molecule has 0 aliphatic heterocycles. The van der Waals surface area contributed by atoms with Crippen LogP contribution in [-0.2, 0) is 33.4 Å². The van der Waals surface area contributed by atoms with Gasteiger partial charge in [0, 0.05) is 0 Å². The van der Waals surface area contributed by atoms with Crippen molar-refractivity contribution < 1.29 is 38.5 Å². The van der Waals surface area contributed by atoms with Gasteiger partial charge in [0.05, 0.1) is 16.2 Å². The molecule has 41 heavy (non-hydrogen) atoms. The van der Waals surface area contributed by atoms with E-state index in [4.69, 9.17) is 19.3 Å². The molecule has 3 rings (SSSR count). The number of hydrogen-bond donors (Lipinski definition) is 1. The molecule has 1 N–H and O–H groups in total. The quantitative estimate of drug-likeness (QED) is 0.183. The van der Waals surface area contributed by atoms with Gasteiger partial charge in [0.15, 0.2) is 6.61 Å². The maximum atomic E-state index is 14.1. The Labute approximate surface area is 246 Å². The van der Waals surface area contributed by atoms with Crippen molar-refractivity contribution in [3.8, 4) is 0 Å². The molecule has 3 aliphatic carbocycles. The number of carboxylic acids is 1. The summed E-state index contributed by atoms with van der Waals surface area (Å²) in [5.41, 5.74) is -3.85. The molecular weight excluding hydrogens is 524 g/mol. The Balaban J connectivity index is 1.86. The second-order valence-corrected chi connectivity index (χ2v) is 14.5. The second-order valence-electron chi connectivity index (χ2n) is 14.5. The Morgan fingerprint density at radius 1 is 0.805 bits per heavy atom. The number of ether oxygens (including phenoxy) is 3. The van der Waals surface area contributed by atoms with Crippen molar-refractivity contribution in [2.24, 2.45) is 28.1 Å². The number of rotatable bonds is 13.